The van der Waals surface area contributed by atoms with E-state index in [-0.39, 0.29) is 0 Å². The minimum Gasteiger partial charge on any atom is -0.412 e. The smallest absolute Gasteiger partial charge is 0.370 e. The summed E-state index contributed by atoms with van der Waals surface area (Å²) in [5.41, 5.74) is -12.1. The predicted molar refractivity (Wildman–Crippen MR) is 186 cm³/mol. The molecule has 0 unspecified atom stereocenters. The van der Waals surface area contributed by atoms with Gasteiger partial charge >= 0.3 is 5.88 Å². The van der Waals surface area contributed by atoms with Crippen LogP contribution in [-0.4, -0.2) is 13.0 Å². The maximum Gasteiger partial charge on any atom is 0.370 e. The van der Waals surface area contributed by atoms with Crippen molar-refractivity contribution in [3.8, 4) is 5.88 Å². The van der Waals surface area contributed by atoms with E-state index in [1.54, 1.807) is 0 Å². The van der Waals surface area contributed by atoms with Crippen molar-refractivity contribution >= 4 is 38.9 Å². The second kappa shape index (κ2) is 17.9. The number of halogens is 21. The normalized spacial score (nSPS) is 11.6. The summed E-state index contributed by atoms with van der Waals surface area (Å²) in [7, 11) is 0. The van der Waals surface area contributed by atoms with Crippen LogP contribution in [0.3, 0.4) is 0 Å². The van der Waals surface area contributed by atoms with Crippen molar-refractivity contribution < 1.29 is 102 Å². The molecule has 0 saturated heterocycles. The standard InChI is InChI=1S/C24BF20.C17H15FNO/c26-5-1(6(27)14(35)21(42)13(5)34)25(2-7(28)15(36)22(43)16(37)8(2)29,3-9(30)17(38)23(44)18(39)10(3)31)4-11(32)19(40)24(45)20(41)12(4)33;18-13-20-17-11-10-15-8-4-5-9-16(15)19(17)12-14-6-2-1-3-7-14/h;1-11H,12-13H2/q-1;+1. The number of fused-ring (bicyclic) bond motifs is 1. The van der Waals surface area contributed by atoms with Gasteiger partial charge in [0.05, 0.1) is 6.07 Å². The van der Waals surface area contributed by atoms with Crippen LogP contribution in [0.1, 0.15) is 5.56 Å². The quantitative estimate of drug-likeness (QED) is 0.0487. The summed E-state index contributed by atoms with van der Waals surface area (Å²) in [4.78, 5) is 0. The second-order valence-corrected chi connectivity index (χ2v) is 13.4. The molecule has 0 saturated carbocycles. The summed E-state index contributed by atoms with van der Waals surface area (Å²) in [5, 5.41) is 1.11. The lowest BCUT2D eigenvalue weighted by Gasteiger charge is -2.44. The lowest BCUT2D eigenvalue weighted by Crippen LogP contribution is -2.81. The van der Waals surface area contributed by atoms with Gasteiger partial charge in [-0.05, 0) is 12.1 Å². The summed E-state index contributed by atoms with van der Waals surface area (Å²) in [5.74, 6) is -70.9. The topological polar surface area (TPSA) is 13.1 Å². The van der Waals surface area contributed by atoms with Crippen LogP contribution in [0.4, 0.5) is 92.2 Å². The number of hydrogen-bond acceptors (Lipinski definition) is 1. The predicted octanol–water partition coefficient (Wildman–Crippen LogP) is 9.33. The van der Waals surface area contributed by atoms with Gasteiger partial charge in [0.1, 0.15) is 52.7 Å². The maximum atomic E-state index is 15.4. The first-order valence-electron chi connectivity index (χ1n) is 17.5. The summed E-state index contributed by atoms with van der Waals surface area (Å²) < 4.78 is 314. The molecule has 2 nitrogen and oxygen atoms in total. The average molecular weight is 947 g/mol. The summed E-state index contributed by atoms with van der Waals surface area (Å²) >= 11 is 0. The molecule has 0 spiro atoms. The number of ether oxygens (including phenoxy) is 1. The second-order valence-electron chi connectivity index (χ2n) is 13.4. The molecule has 6 aromatic carbocycles. The highest BCUT2D eigenvalue weighted by atomic mass is 19.2. The number of rotatable bonds is 8. The van der Waals surface area contributed by atoms with Crippen molar-refractivity contribution in [2.24, 2.45) is 0 Å². The van der Waals surface area contributed by atoms with E-state index in [1.807, 2.05) is 71.3 Å². The SMILES string of the molecule is FCOc1ccc2ccccc2[n+]1Cc1ccccc1.Fc1c(F)c(F)c([B-](c2c(F)c(F)c(F)c(F)c2F)(c2c(F)c(F)c(F)c(F)c2F)c2c(F)c(F)c(F)c(F)c2F)c(F)c1F. The zero-order valence-electron chi connectivity index (χ0n) is 31.1. The Morgan fingerprint density at radius 2 is 0.631 bits per heavy atom. The Bertz CT molecular complexity index is 2660. The lowest BCUT2D eigenvalue weighted by molar-refractivity contribution is -0.668. The van der Waals surface area contributed by atoms with Crippen molar-refractivity contribution in [1.29, 1.82) is 0 Å². The van der Waals surface area contributed by atoms with E-state index < -0.39 is 151 Å². The monoisotopic (exact) mass is 947 g/mol. The van der Waals surface area contributed by atoms with Crippen molar-refractivity contribution in [2.75, 3.05) is 6.86 Å². The van der Waals surface area contributed by atoms with Crippen LogP contribution >= 0.6 is 0 Å². The van der Waals surface area contributed by atoms with E-state index in [4.69, 9.17) is 4.74 Å². The van der Waals surface area contributed by atoms with Gasteiger partial charge in [0.2, 0.25) is 12.4 Å². The molecule has 0 aliphatic carbocycles. The number of alkyl halides is 1. The van der Waals surface area contributed by atoms with E-state index in [0.717, 1.165) is 16.5 Å². The zero-order valence-corrected chi connectivity index (χ0v) is 31.1. The molecule has 0 atom stereocenters. The Morgan fingerprint density at radius 1 is 0.338 bits per heavy atom. The highest BCUT2D eigenvalue weighted by molar-refractivity contribution is 7.20. The van der Waals surface area contributed by atoms with Crippen LogP contribution in [-0.2, 0) is 6.54 Å². The zero-order chi connectivity index (χ0) is 48.1. The van der Waals surface area contributed by atoms with E-state index in [0.29, 0.717) is 12.4 Å². The Hall–Kier alpha value is -6.88. The fraction of sp³-hybridized carbons (Fsp3) is 0.0488. The Morgan fingerprint density at radius 3 is 0.954 bits per heavy atom. The molecule has 0 fully saturated rings. The van der Waals surface area contributed by atoms with Gasteiger partial charge in [-0.15, -0.1) is 21.9 Å². The highest BCUT2D eigenvalue weighted by Crippen LogP contribution is 2.31. The van der Waals surface area contributed by atoms with Gasteiger partial charge in [-0.3, -0.25) is 0 Å². The van der Waals surface area contributed by atoms with Crippen LogP contribution in [0.25, 0.3) is 10.9 Å². The largest absolute Gasteiger partial charge is 0.412 e. The number of para-hydroxylation sites is 1. The Labute approximate surface area is 348 Å². The van der Waals surface area contributed by atoms with Crippen LogP contribution in [0.15, 0.2) is 66.7 Å². The molecule has 340 valence electrons. The molecule has 65 heavy (non-hydrogen) atoms. The molecule has 24 heteroatoms. The van der Waals surface area contributed by atoms with Gasteiger partial charge in [0, 0.05) is 17.0 Å². The average Bonchev–Trinajstić information content (AvgIpc) is 3.30. The number of nitrogens with zero attached hydrogens (tertiary/aromatic N) is 1. The molecule has 7 rings (SSSR count). The number of pyridine rings is 1. The van der Waals surface area contributed by atoms with Gasteiger partial charge in [-0.2, -0.15) is 4.57 Å². The highest BCUT2D eigenvalue weighted by Gasteiger charge is 2.52. The number of benzene rings is 6. The van der Waals surface area contributed by atoms with Gasteiger partial charge in [-0.25, -0.2) is 92.2 Å². The van der Waals surface area contributed by atoms with E-state index in [1.165, 1.54) is 0 Å². The fourth-order valence-corrected chi connectivity index (χ4v) is 7.23. The molecule has 7 aromatic rings. The fourth-order valence-electron chi connectivity index (χ4n) is 7.23. The van der Waals surface area contributed by atoms with Crippen molar-refractivity contribution in [2.45, 2.75) is 6.54 Å². The minimum absolute atomic E-state index is 0.537. The van der Waals surface area contributed by atoms with E-state index in [9.17, 15) is 57.1 Å². The Kier molecular flexibility index (Phi) is 13.1. The van der Waals surface area contributed by atoms with Crippen LogP contribution in [0.5, 0.6) is 5.88 Å². The molecule has 0 aliphatic heterocycles. The molecular formula is C41H15BF21NO. The molecule has 0 amide bonds. The molecule has 1 heterocycles. The first-order chi connectivity index (χ1) is 30.6. The summed E-state index contributed by atoms with van der Waals surface area (Å²) in [6.07, 6.45) is -7.22. The first kappa shape index (κ1) is 47.6. The molecule has 0 aliphatic rings. The molecular weight excluding hydrogens is 932 g/mol. The molecule has 0 N–H and O–H groups in total. The summed E-state index contributed by atoms with van der Waals surface area (Å²) in [6, 6.07) is 21.9. The maximum absolute atomic E-state index is 15.4. The van der Waals surface area contributed by atoms with Crippen molar-refractivity contribution in [1.82, 2.24) is 0 Å². The lowest BCUT2D eigenvalue weighted by atomic mass is 9.12. The van der Waals surface area contributed by atoms with Gasteiger partial charge in [0.15, 0.2) is 76.4 Å². The Balaban J connectivity index is 0.000000289. The van der Waals surface area contributed by atoms with Crippen LogP contribution in [0.2, 0.25) is 0 Å². The minimum atomic E-state index is -7.22. The van der Waals surface area contributed by atoms with Crippen LogP contribution in [0, 0.1) is 116 Å². The first-order valence-corrected chi connectivity index (χ1v) is 17.5. The molecule has 0 radical (unpaired) electrons. The third kappa shape index (κ3) is 7.50. The molecule has 1 aromatic heterocycles. The summed E-state index contributed by atoms with van der Waals surface area (Å²) in [6.45, 7) is -0.176. The van der Waals surface area contributed by atoms with Gasteiger partial charge in [-0.1, -0.05) is 42.5 Å². The van der Waals surface area contributed by atoms with E-state index >= 15 is 35.1 Å². The van der Waals surface area contributed by atoms with Crippen molar-refractivity contribution in [3.63, 3.8) is 0 Å². The molecule has 0 bridgehead atoms. The number of hydrogen-bond donors (Lipinski definition) is 0. The third-order valence-corrected chi connectivity index (χ3v) is 9.99. The van der Waals surface area contributed by atoms with Gasteiger partial charge < -0.3 is 4.74 Å². The van der Waals surface area contributed by atoms with Gasteiger partial charge in [0.25, 0.3) is 0 Å². The number of aromatic nitrogens is 1. The third-order valence-electron chi connectivity index (χ3n) is 9.99. The van der Waals surface area contributed by atoms with Crippen molar-refractivity contribution in [3.05, 3.63) is 189 Å². The van der Waals surface area contributed by atoms with E-state index in [2.05, 4.69) is 0 Å². The van der Waals surface area contributed by atoms with Crippen LogP contribution < -0.4 is 31.2 Å².